The van der Waals surface area contributed by atoms with Crippen LogP contribution in [0.2, 0.25) is 0 Å². The van der Waals surface area contributed by atoms with E-state index in [4.69, 9.17) is 5.84 Å². The fraction of sp³-hybridized carbons (Fsp3) is 0.625. The minimum atomic E-state index is -4.44. The molecule has 0 aliphatic carbocycles. The largest absolute Gasteiger partial charge is 0.412 e. The van der Waals surface area contributed by atoms with Crippen LogP contribution >= 0.6 is 0 Å². The molecular weight excluding hydrogens is 209 g/mol. The highest BCUT2D eigenvalue weighted by atomic mass is 19.4. The van der Waals surface area contributed by atoms with Crippen LogP contribution in [0.15, 0.2) is 12.4 Å². The van der Waals surface area contributed by atoms with Crippen LogP contribution in [0.5, 0.6) is 0 Å². The molecule has 0 bridgehead atoms. The number of hydrazine groups is 1. The van der Waals surface area contributed by atoms with Crippen molar-refractivity contribution >= 4 is 0 Å². The lowest BCUT2D eigenvalue weighted by Gasteiger charge is -2.19. The molecule has 0 aliphatic heterocycles. The van der Waals surface area contributed by atoms with Crippen molar-refractivity contribution in [1.29, 1.82) is 0 Å². The molecule has 0 fully saturated rings. The Morgan fingerprint density at radius 1 is 1.60 bits per heavy atom. The molecule has 0 saturated carbocycles. The zero-order valence-electron chi connectivity index (χ0n) is 8.25. The van der Waals surface area contributed by atoms with Crippen molar-refractivity contribution in [3.63, 3.8) is 0 Å². The number of aromatic nitrogens is 2. The predicted octanol–water partition coefficient (Wildman–Crippen LogP) is 1.36. The summed E-state index contributed by atoms with van der Waals surface area (Å²) in [5.41, 5.74) is 1.73. The van der Waals surface area contributed by atoms with Crippen molar-refractivity contribution in [1.82, 2.24) is 15.0 Å². The molecule has 7 heteroatoms. The SMILES string of the molecule is CCCn1ccnc1C(NN)C(F)(F)F. The number of nitrogens with one attached hydrogen (secondary N) is 1. The van der Waals surface area contributed by atoms with Gasteiger partial charge in [-0.05, 0) is 6.42 Å². The molecule has 15 heavy (non-hydrogen) atoms. The highest BCUT2D eigenvalue weighted by Gasteiger charge is 2.42. The molecule has 0 aliphatic rings. The highest BCUT2D eigenvalue weighted by Crippen LogP contribution is 2.30. The van der Waals surface area contributed by atoms with Crippen LogP contribution in [0.1, 0.15) is 25.2 Å². The van der Waals surface area contributed by atoms with Crippen LogP contribution in [0.25, 0.3) is 0 Å². The second-order valence-electron chi connectivity index (χ2n) is 3.12. The number of aryl methyl sites for hydroxylation is 1. The van der Waals surface area contributed by atoms with E-state index < -0.39 is 12.2 Å². The van der Waals surface area contributed by atoms with Gasteiger partial charge in [-0.25, -0.2) is 10.4 Å². The standard InChI is InChI=1S/C8H13F3N4/c1-2-4-15-5-3-13-7(15)6(14-12)8(9,10)11/h3,5-6,14H,2,4,12H2,1H3. The van der Waals surface area contributed by atoms with Crippen LogP contribution in [0.3, 0.4) is 0 Å². The Morgan fingerprint density at radius 3 is 2.73 bits per heavy atom. The van der Waals surface area contributed by atoms with Crippen LogP contribution in [-0.4, -0.2) is 15.7 Å². The molecular formula is C8H13F3N4. The first-order valence-corrected chi connectivity index (χ1v) is 4.54. The molecule has 0 saturated heterocycles. The molecule has 1 aromatic heterocycles. The van der Waals surface area contributed by atoms with E-state index in [-0.39, 0.29) is 5.82 Å². The van der Waals surface area contributed by atoms with Crippen molar-refractivity contribution in [3.8, 4) is 0 Å². The minimum Gasteiger partial charge on any atom is -0.333 e. The molecule has 0 aromatic carbocycles. The number of hydrogen-bond donors (Lipinski definition) is 2. The maximum Gasteiger partial charge on any atom is 0.412 e. The van der Waals surface area contributed by atoms with Crippen LogP contribution in [-0.2, 0) is 6.54 Å². The fourth-order valence-corrected chi connectivity index (χ4v) is 1.33. The summed E-state index contributed by atoms with van der Waals surface area (Å²) in [6.07, 6.45) is -0.861. The van der Waals surface area contributed by atoms with Gasteiger partial charge in [-0.1, -0.05) is 6.92 Å². The van der Waals surface area contributed by atoms with Crippen molar-refractivity contribution in [2.45, 2.75) is 32.1 Å². The second kappa shape index (κ2) is 4.63. The maximum absolute atomic E-state index is 12.5. The van der Waals surface area contributed by atoms with E-state index in [0.29, 0.717) is 6.54 Å². The predicted molar refractivity (Wildman–Crippen MR) is 48.6 cm³/mol. The van der Waals surface area contributed by atoms with E-state index in [1.54, 1.807) is 5.43 Å². The van der Waals surface area contributed by atoms with Crippen LogP contribution < -0.4 is 11.3 Å². The molecule has 4 nitrogen and oxygen atoms in total. The van der Waals surface area contributed by atoms with Gasteiger partial charge in [0.25, 0.3) is 0 Å². The lowest BCUT2D eigenvalue weighted by atomic mass is 10.2. The van der Waals surface area contributed by atoms with Gasteiger partial charge in [0.05, 0.1) is 0 Å². The van der Waals surface area contributed by atoms with E-state index in [2.05, 4.69) is 4.98 Å². The summed E-state index contributed by atoms with van der Waals surface area (Å²) >= 11 is 0. The number of hydrogen-bond acceptors (Lipinski definition) is 3. The van der Waals surface area contributed by atoms with E-state index >= 15 is 0 Å². The van der Waals surface area contributed by atoms with E-state index in [1.165, 1.54) is 17.0 Å². The number of alkyl halides is 3. The van der Waals surface area contributed by atoms with Gasteiger partial charge < -0.3 is 4.57 Å². The fourth-order valence-electron chi connectivity index (χ4n) is 1.33. The first kappa shape index (κ1) is 12.0. The quantitative estimate of drug-likeness (QED) is 0.597. The lowest BCUT2D eigenvalue weighted by Crippen LogP contribution is -2.40. The van der Waals surface area contributed by atoms with Gasteiger partial charge in [-0.3, -0.25) is 5.84 Å². The van der Waals surface area contributed by atoms with Gasteiger partial charge in [0, 0.05) is 18.9 Å². The summed E-state index contributed by atoms with van der Waals surface area (Å²) in [5, 5.41) is 0. The summed E-state index contributed by atoms with van der Waals surface area (Å²) in [6, 6.07) is -1.92. The van der Waals surface area contributed by atoms with Gasteiger partial charge in [0.2, 0.25) is 0 Å². The van der Waals surface area contributed by atoms with Gasteiger partial charge in [0.1, 0.15) is 5.82 Å². The molecule has 1 heterocycles. The highest BCUT2D eigenvalue weighted by molar-refractivity contribution is 5.02. The lowest BCUT2D eigenvalue weighted by molar-refractivity contribution is -0.160. The van der Waals surface area contributed by atoms with Gasteiger partial charge in [0.15, 0.2) is 6.04 Å². The number of imidazole rings is 1. The smallest absolute Gasteiger partial charge is 0.333 e. The Hall–Kier alpha value is -1.08. The molecule has 1 atom stereocenters. The third-order valence-electron chi connectivity index (χ3n) is 1.96. The molecule has 0 amide bonds. The van der Waals surface area contributed by atoms with Crippen molar-refractivity contribution in [2.24, 2.45) is 5.84 Å². The minimum absolute atomic E-state index is 0.105. The maximum atomic E-state index is 12.5. The normalized spacial score (nSPS) is 14.2. The van der Waals surface area contributed by atoms with E-state index in [0.717, 1.165) is 6.42 Å². The van der Waals surface area contributed by atoms with Crippen molar-refractivity contribution < 1.29 is 13.2 Å². The van der Waals surface area contributed by atoms with Gasteiger partial charge in [-0.2, -0.15) is 13.2 Å². The van der Waals surface area contributed by atoms with Crippen LogP contribution in [0.4, 0.5) is 13.2 Å². The second-order valence-corrected chi connectivity index (χ2v) is 3.12. The number of nitrogens with two attached hydrogens (primary N) is 1. The third kappa shape index (κ3) is 2.69. The van der Waals surface area contributed by atoms with Crippen molar-refractivity contribution in [2.75, 3.05) is 0 Å². The summed E-state index contributed by atoms with van der Waals surface area (Å²) in [4.78, 5) is 3.67. The number of halogens is 3. The molecule has 1 unspecified atom stereocenters. The van der Waals surface area contributed by atoms with Gasteiger partial charge in [-0.15, -0.1) is 0 Å². The summed E-state index contributed by atoms with van der Waals surface area (Å²) in [7, 11) is 0. The molecule has 3 N–H and O–H groups in total. The molecule has 1 aromatic rings. The summed E-state index contributed by atoms with van der Waals surface area (Å²) in [6.45, 7) is 2.37. The van der Waals surface area contributed by atoms with E-state index in [9.17, 15) is 13.2 Å². The summed E-state index contributed by atoms with van der Waals surface area (Å²) in [5.74, 6) is 4.79. The molecule has 1 rings (SSSR count). The molecule has 0 radical (unpaired) electrons. The Balaban J connectivity index is 2.96. The van der Waals surface area contributed by atoms with Crippen LogP contribution in [0, 0.1) is 0 Å². The molecule has 86 valence electrons. The Morgan fingerprint density at radius 2 is 2.27 bits per heavy atom. The number of rotatable bonds is 4. The number of nitrogens with zero attached hydrogens (tertiary/aromatic N) is 2. The Bertz CT molecular complexity index is 307. The van der Waals surface area contributed by atoms with E-state index in [1.807, 2.05) is 6.92 Å². The topological polar surface area (TPSA) is 55.9 Å². The zero-order chi connectivity index (χ0) is 11.5. The zero-order valence-corrected chi connectivity index (χ0v) is 8.25. The van der Waals surface area contributed by atoms with Crippen molar-refractivity contribution in [3.05, 3.63) is 18.2 Å². The Labute approximate surface area is 85.3 Å². The molecule has 0 spiro atoms. The Kier molecular flexibility index (Phi) is 3.70. The average molecular weight is 222 g/mol. The summed E-state index contributed by atoms with van der Waals surface area (Å²) < 4.78 is 39.0. The first-order valence-electron chi connectivity index (χ1n) is 4.54. The third-order valence-corrected chi connectivity index (χ3v) is 1.96. The average Bonchev–Trinajstić information content (AvgIpc) is 2.53. The van der Waals surface area contributed by atoms with Gasteiger partial charge >= 0.3 is 6.18 Å². The monoisotopic (exact) mass is 222 g/mol. The first-order chi connectivity index (χ1) is 7.00.